The topological polar surface area (TPSA) is 96.3 Å². The van der Waals surface area contributed by atoms with E-state index >= 15 is 0 Å². The van der Waals surface area contributed by atoms with Crippen molar-refractivity contribution in [3.8, 4) is 6.07 Å². The van der Waals surface area contributed by atoms with Gasteiger partial charge in [0.25, 0.3) is 0 Å². The molecule has 0 bridgehead atoms. The first-order valence-electron chi connectivity index (χ1n) is 4.95. The van der Waals surface area contributed by atoms with Gasteiger partial charge >= 0.3 is 5.97 Å². The molecule has 1 unspecified atom stereocenters. The normalized spacial score (nSPS) is 17.5. The molecule has 7 heteroatoms. The highest BCUT2D eigenvalue weighted by Crippen LogP contribution is 2.32. The Hall–Kier alpha value is -1.13. The van der Waals surface area contributed by atoms with Gasteiger partial charge in [0.2, 0.25) is 10.0 Å². The molecule has 1 atom stereocenters. The monoisotopic (exact) mass is 246 g/mol. The zero-order valence-corrected chi connectivity index (χ0v) is 9.79. The number of carbonyl (C=O) groups is 1. The number of nitrogens with one attached hydrogen (secondary N) is 1. The summed E-state index contributed by atoms with van der Waals surface area (Å²) < 4.78 is 29.6. The quantitative estimate of drug-likeness (QED) is 0.653. The summed E-state index contributed by atoms with van der Waals surface area (Å²) >= 11 is 0. The highest BCUT2D eigenvalue weighted by molar-refractivity contribution is 7.89. The van der Waals surface area contributed by atoms with Gasteiger partial charge in [-0.3, -0.25) is 4.79 Å². The van der Waals surface area contributed by atoms with Crippen LogP contribution in [0.2, 0.25) is 0 Å². The van der Waals surface area contributed by atoms with Gasteiger partial charge in [-0.25, -0.2) is 8.42 Å². The van der Waals surface area contributed by atoms with Crippen molar-refractivity contribution in [3.63, 3.8) is 0 Å². The minimum atomic E-state index is -3.58. The Kier molecular flexibility index (Phi) is 4.26. The van der Waals surface area contributed by atoms with Crippen LogP contribution in [0.4, 0.5) is 0 Å². The number of rotatable bonds is 6. The summed E-state index contributed by atoms with van der Waals surface area (Å²) in [5, 5.41) is 8.75. The van der Waals surface area contributed by atoms with Crippen LogP contribution >= 0.6 is 0 Å². The summed E-state index contributed by atoms with van der Waals surface area (Å²) in [4.78, 5) is 10.8. The molecule has 0 aromatic heterocycles. The van der Waals surface area contributed by atoms with E-state index in [1.54, 1.807) is 0 Å². The maximum absolute atomic E-state index is 11.5. The second-order valence-corrected chi connectivity index (χ2v) is 5.58. The van der Waals surface area contributed by atoms with E-state index in [0.717, 1.165) is 12.8 Å². The van der Waals surface area contributed by atoms with Gasteiger partial charge in [-0.15, -0.1) is 0 Å². The molecule has 1 fully saturated rings. The van der Waals surface area contributed by atoms with Crippen LogP contribution in [-0.2, 0) is 19.6 Å². The lowest BCUT2D eigenvalue weighted by Gasteiger charge is -2.10. The molecular formula is C9H14N2O4S. The Bertz CT molecular complexity index is 394. The molecular weight excluding hydrogens is 232 g/mol. The number of hydrogen-bond acceptors (Lipinski definition) is 5. The van der Waals surface area contributed by atoms with Crippen LogP contribution in [0.15, 0.2) is 0 Å². The molecule has 0 spiro atoms. The summed E-state index contributed by atoms with van der Waals surface area (Å²) in [7, 11) is -2.38. The molecule has 0 radical (unpaired) electrons. The van der Waals surface area contributed by atoms with Crippen molar-refractivity contribution >= 4 is 16.0 Å². The average Bonchev–Trinajstić information content (AvgIpc) is 3.06. The first-order chi connectivity index (χ1) is 7.48. The third kappa shape index (κ3) is 4.16. The van der Waals surface area contributed by atoms with E-state index in [1.807, 2.05) is 6.07 Å². The Morgan fingerprint density at radius 3 is 2.69 bits per heavy atom. The summed E-state index contributed by atoms with van der Waals surface area (Å²) in [6, 6.07) is 1.25. The fourth-order valence-electron chi connectivity index (χ4n) is 1.23. The highest BCUT2D eigenvalue weighted by atomic mass is 32.2. The number of nitriles is 1. The van der Waals surface area contributed by atoms with E-state index in [0.29, 0.717) is 0 Å². The minimum Gasteiger partial charge on any atom is -0.469 e. The number of hydrogen-bond donors (Lipinski definition) is 1. The number of carbonyl (C=O) groups excluding carboxylic acids is 1. The lowest BCUT2D eigenvalue weighted by molar-refractivity contribution is -0.140. The van der Waals surface area contributed by atoms with Gasteiger partial charge in [-0.2, -0.15) is 9.98 Å². The SMILES string of the molecule is COC(=O)CCS(=O)(=O)NC(C#N)C1CC1. The van der Waals surface area contributed by atoms with Crippen molar-refractivity contribution in [3.05, 3.63) is 0 Å². The maximum atomic E-state index is 11.5. The summed E-state index contributed by atoms with van der Waals surface area (Å²) in [5.74, 6) is -0.798. The van der Waals surface area contributed by atoms with Gasteiger partial charge < -0.3 is 4.74 Å². The third-order valence-electron chi connectivity index (χ3n) is 2.34. The van der Waals surface area contributed by atoms with Crippen LogP contribution in [0.3, 0.4) is 0 Å². The lowest BCUT2D eigenvalue weighted by atomic mass is 10.2. The third-order valence-corrected chi connectivity index (χ3v) is 3.70. The minimum absolute atomic E-state index is 0.123. The fraction of sp³-hybridized carbons (Fsp3) is 0.778. The predicted octanol–water partition coefficient (Wildman–Crippen LogP) is -0.229. The molecule has 16 heavy (non-hydrogen) atoms. The molecule has 1 aliphatic carbocycles. The van der Waals surface area contributed by atoms with E-state index in [9.17, 15) is 13.2 Å². The largest absolute Gasteiger partial charge is 0.469 e. The first-order valence-corrected chi connectivity index (χ1v) is 6.60. The molecule has 0 aliphatic heterocycles. The van der Waals surface area contributed by atoms with Gasteiger partial charge in [0.1, 0.15) is 6.04 Å². The van der Waals surface area contributed by atoms with Gasteiger partial charge in [0.15, 0.2) is 0 Å². The Balaban J connectivity index is 2.44. The Morgan fingerprint density at radius 1 is 1.62 bits per heavy atom. The van der Waals surface area contributed by atoms with Crippen molar-refractivity contribution in [1.82, 2.24) is 4.72 Å². The van der Waals surface area contributed by atoms with E-state index in [1.165, 1.54) is 7.11 Å². The van der Waals surface area contributed by atoms with E-state index in [-0.39, 0.29) is 18.1 Å². The van der Waals surface area contributed by atoms with Crippen LogP contribution in [0, 0.1) is 17.2 Å². The molecule has 0 amide bonds. The van der Waals surface area contributed by atoms with Crippen LogP contribution < -0.4 is 4.72 Å². The number of sulfonamides is 1. The Morgan fingerprint density at radius 2 is 2.25 bits per heavy atom. The lowest BCUT2D eigenvalue weighted by Crippen LogP contribution is -2.37. The number of methoxy groups -OCH3 is 1. The molecule has 1 N–H and O–H groups in total. The first kappa shape index (κ1) is 12.9. The molecule has 1 aliphatic rings. The van der Waals surface area contributed by atoms with Crippen molar-refractivity contribution < 1.29 is 17.9 Å². The standard InChI is InChI=1S/C9H14N2O4S/c1-15-9(12)4-5-16(13,14)11-8(6-10)7-2-3-7/h7-8,11H,2-5H2,1H3. The number of nitrogens with zero attached hydrogens (tertiary/aromatic N) is 1. The van der Waals surface area contributed by atoms with Crippen LogP contribution in [-0.4, -0.2) is 33.3 Å². The molecule has 0 aromatic carbocycles. The van der Waals surface area contributed by atoms with Gasteiger partial charge in [-0.05, 0) is 18.8 Å². The predicted molar refractivity (Wildman–Crippen MR) is 55.7 cm³/mol. The highest BCUT2D eigenvalue weighted by Gasteiger charge is 2.34. The average molecular weight is 246 g/mol. The fourth-order valence-corrected chi connectivity index (χ4v) is 2.41. The molecule has 1 rings (SSSR count). The smallest absolute Gasteiger partial charge is 0.306 e. The molecule has 0 aromatic rings. The van der Waals surface area contributed by atoms with Crippen LogP contribution in [0.5, 0.6) is 0 Å². The number of ether oxygens (including phenoxy) is 1. The Labute approximate surface area is 94.6 Å². The zero-order valence-electron chi connectivity index (χ0n) is 8.97. The summed E-state index contributed by atoms with van der Waals surface area (Å²) in [6.07, 6.45) is 1.55. The van der Waals surface area contributed by atoms with Crippen molar-refractivity contribution in [1.29, 1.82) is 5.26 Å². The van der Waals surface area contributed by atoms with Crippen molar-refractivity contribution in [2.45, 2.75) is 25.3 Å². The van der Waals surface area contributed by atoms with E-state index in [2.05, 4.69) is 9.46 Å². The molecule has 90 valence electrons. The van der Waals surface area contributed by atoms with E-state index < -0.39 is 22.0 Å². The van der Waals surface area contributed by atoms with Gasteiger partial charge in [0.05, 0.1) is 25.4 Å². The molecule has 0 saturated heterocycles. The van der Waals surface area contributed by atoms with Crippen LogP contribution in [0.1, 0.15) is 19.3 Å². The zero-order chi connectivity index (χ0) is 12.2. The molecule has 1 saturated carbocycles. The second-order valence-electron chi connectivity index (χ2n) is 3.71. The van der Waals surface area contributed by atoms with Gasteiger partial charge in [-0.1, -0.05) is 0 Å². The van der Waals surface area contributed by atoms with Gasteiger partial charge in [0, 0.05) is 0 Å². The maximum Gasteiger partial charge on any atom is 0.306 e. The van der Waals surface area contributed by atoms with E-state index in [4.69, 9.17) is 5.26 Å². The molecule has 6 nitrogen and oxygen atoms in total. The second kappa shape index (κ2) is 5.27. The number of esters is 1. The van der Waals surface area contributed by atoms with Crippen molar-refractivity contribution in [2.24, 2.45) is 5.92 Å². The molecule has 0 heterocycles. The van der Waals surface area contributed by atoms with Crippen LogP contribution in [0.25, 0.3) is 0 Å². The van der Waals surface area contributed by atoms with Crippen molar-refractivity contribution in [2.75, 3.05) is 12.9 Å². The summed E-state index contributed by atoms with van der Waals surface area (Å²) in [5.41, 5.74) is 0. The summed E-state index contributed by atoms with van der Waals surface area (Å²) in [6.45, 7) is 0.